The van der Waals surface area contributed by atoms with Crippen molar-refractivity contribution in [1.82, 2.24) is 9.80 Å². The first kappa shape index (κ1) is 19.4. The van der Waals surface area contributed by atoms with Gasteiger partial charge in [0.1, 0.15) is 11.9 Å². The molecular formula is C22H25FN4O2. The average molecular weight is 396 g/mol. The van der Waals surface area contributed by atoms with Crippen LogP contribution in [0.15, 0.2) is 48.5 Å². The maximum atomic E-state index is 14.0. The second-order valence-corrected chi connectivity index (χ2v) is 7.63. The predicted molar refractivity (Wildman–Crippen MR) is 110 cm³/mol. The molecule has 2 saturated heterocycles. The molecule has 2 fully saturated rings. The number of anilines is 2. The number of amides is 3. The van der Waals surface area contributed by atoms with Gasteiger partial charge in [-0.15, -0.1) is 0 Å². The number of hydrogen-bond acceptors (Lipinski definition) is 4. The van der Waals surface area contributed by atoms with Crippen LogP contribution in [0.25, 0.3) is 0 Å². The van der Waals surface area contributed by atoms with Gasteiger partial charge < -0.3 is 4.90 Å². The van der Waals surface area contributed by atoms with Crippen LogP contribution in [0.5, 0.6) is 0 Å². The van der Waals surface area contributed by atoms with Crippen molar-refractivity contribution < 1.29 is 14.0 Å². The summed E-state index contributed by atoms with van der Waals surface area (Å²) < 4.78 is 14.0. The summed E-state index contributed by atoms with van der Waals surface area (Å²) in [6.45, 7) is 6.61. The van der Waals surface area contributed by atoms with E-state index in [0.717, 1.165) is 11.3 Å². The van der Waals surface area contributed by atoms with Crippen LogP contribution in [-0.2, 0) is 4.79 Å². The van der Waals surface area contributed by atoms with E-state index in [2.05, 4.69) is 4.90 Å². The highest BCUT2D eigenvalue weighted by molar-refractivity contribution is 6.14. The summed E-state index contributed by atoms with van der Waals surface area (Å²) in [6.07, 6.45) is 0. The van der Waals surface area contributed by atoms with Crippen molar-refractivity contribution in [3.63, 3.8) is 0 Å². The van der Waals surface area contributed by atoms with E-state index in [1.807, 2.05) is 42.2 Å². The maximum Gasteiger partial charge on any atom is 0.333 e. The zero-order chi connectivity index (χ0) is 20.5. The normalized spacial score (nSPS) is 20.7. The molecule has 4 rings (SSSR count). The molecule has 3 amide bonds. The fourth-order valence-electron chi connectivity index (χ4n) is 3.93. The Morgan fingerprint density at radius 3 is 2.28 bits per heavy atom. The number of halogens is 1. The van der Waals surface area contributed by atoms with E-state index in [-0.39, 0.29) is 24.4 Å². The van der Waals surface area contributed by atoms with Crippen molar-refractivity contribution in [3.8, 4) is 0 Å². The Kier molecular flexibility index (Phi) is 5.24. The molecule has 29 heavy (non-hydrogen) atoms. The smallest absolute Gasteiger partial charge is 0.333 e. The summed E-state index contributed by atoms with van der Waals surface area (Å²) in [5.74, 6) is -0.416. The van der Waals surface area contributed by atoms with E-state index in [0.29, 0.717) is 31.9 Å². The molecule has 2 aliphatic heterocycles. The minimum Gasteiger partial charge on any atom is -0.367 e. The SMILES string of the molecule is Cc1ccc(N2C(=O)N(CN3CCN(c4ccccc4F)CC3)C(=O)[C@@H]2C)cc1. The number of carbonyl (C=O) groups is 2. The summed E-state index contributed by atoms with van der Waals surface area (Å²) >= 11 is 0. The van der Waals surface area contributed by atoms with Gasteiger partial charge in [-0.3, -0.25) is 14.6 Å². The van der Waals surface area contributed by atoms with Gasteiger partial charge in [-0.2, -0.15) is 0 Å². The standard InChI is InChI=1S/C22H25FN4O2/c1-16-7-9-18(10-8-16)27-17(2)21(28)26(22(27)29)15-24-11-13-25(14-12-24)20-6-4-3-5-19(20)23/h3-10,17H,11-15H2,1-2H3/t17-/m0/s1. The number of piperazine rings is 1. The average Bonchev–Trinajstić information content (AvgIpc) is 2.93. The van der Waals surface area contributed by atoms with Crippen molar-refractivity contribution in [2.24, 2.45) is 0 Å². The van der Waals surface area contributed by atoms with E-state index in [1.54, 1.807) is 24.0 Å². The third-order valence-corrected chi connectivity index (χ3v) is 5.67. The summed E-state index contributed by atoms with van der Waals surface area (Å²) in [5.41, 5.74) is 2.43. The van der Waals surface area contributed by atoms with Crippen molar-refractivity contribution in [2.45, 2.75) is 19.9 Å². The predicted octanol–water partition coefficient (Wildman–Crippen LogP) is 3.07. The van der Waals surface area contributed by atoms with Crippen LogP contribution in [0.4, 0.5) is 20.6 Å². The lowest BCUT2D eigenvalue weighted by atomic mass is 10.2. The van der Waals surface area contributed by atoms with Gasteiger partial charge >= 0.3 is 6.03 Å². The van der Waals surface area contributed by atoms with Gasteiger partial charge in [0.05, 0.1) is 12.4 Å². The molecule has 2 heterocycles. The fourth-order valence-corrected chi connectivity index (χ4v) is 3.93. The molecule has 0 unspecified atom stereocenters. The third-order valence-electron chi connectivity index (χ3n) is 5.67. The molecule has 2 aliphatic rings. The summed E-state index contributed by atoms with van der Waals surface area (Å²) in [7, 11) is 0. The molecule has 0 N–H and O–H groups in total. The Morgan fingerprint density at radius 1 is 0.966 bits per heavy atom. The molecule has 2 aromatic carbocycles. The van der Waals surface area contributed by atoms with Gasteiger partial charge in [0.2, 0.25) is 0 Å². The van der Waals surface area contributed by atoms with Crippen LogP contribution in [0.2, 0.25) is 0 Å². The lowest BCUT2D eigenvalue weighted by Gasteiger charge is -2.37. The minimum absolute atomic E-state index is 0.188. The van der Waals surface area contributed by atoms with E-state index >= 15 is 0 Å². The molecule has 6 nitrogen and oxygen atoms in total. The van der Waals surface area contributed by atoms with E-state index < -0.39 is 6.04 Å². The molecule has 2 aromatic rings. The Balaban J connectivity index is 1.41. The number of nitrogens with zero attached hydrogens (tertiary/aromatic N) is 4. The fraction of sp³-hybridized carbons (Fsp3) is 0.364. The van der Waals surface area contributed by atoms with Gasteiger partial charge in [-0.25, -0.2) is 14.1 Å². The summed E-state index contributed by atoms with van der Waals surface area (Å²) in [6, 6.07) is 13.5. The van der Waals surface area contributed by atoms with Crippen LogP contribution in [0, 0.1) is 12.7 Å². The van der Waals surface area contributed by atoms with Crippen molar-refractivity contribution >= 4 is 23.3 Å². The molecule has 0 bridgehead atoms. The first-order valence-corrected chi connectivity index (χ1v) is 9.89. The van der Waals surface area contributed by atoms with Crippen LogP contribution in [0.3, 0.4) is 0 Å². The van der Waals surface area contributed by atoms with Gasteiger partial charge in [0.25, 0.3) is 5.91 Å². The monoisotopic (exact) mass is 396 g/mol. The Labute approximate surface area is 170 Å². The molecule has 0 aromatic heterocycles. The van der Waals surface area contributed by atoms with E-state index in [9.17, 15) is 14.0 Å². The maximum absolute atomic E-state index is 14.0. The number of carbonyl (C=O) groups excluding carboxylic acids is 2. The molecule has 1 atom stereocenters. The zero-order valence-electron chi connectivity index (χ0n) is 16.7. The lowest BCUT2D eigenvalue weighted by molar-refractivity contribution is -0.128. The Hall–Kier alpha value is -2.93. The van der Waals surface area contributed by atoms with Gasteiger partial charge in [0, 0.05) is 31.9 Å². The van der Waals surface area contributed by atoms with Crippen LogP contribution < -0.4 is 9.80 Å². The van der Waals surface area contributed by atoms with Crippen molar-refractivity contribution in [3.05, 3.63) is 59.9 Å². The number of aryl methyl sites for hydroxylation is 1. The molecule has 0 saturated carbocycles. The second-order valence-electron chi connectivity index (χ2n) is 7.63. The highest BCUT2D eigenvalue weighted by atomic mass is 19.1. The second kappa shape index (κ2) is 7.83. The number of benzene rings is 2. The molecule has 0 spiro atoms. The van der Waals surface area contributed by atoms with Gasteiger partial charge in [-0.1, -0.05) is 29.8 Å². The number of imide groups is 1. The first-order chi connectivity index (χ1) is 14.0. The highest BCUT2D eigenvalue weighted by Crippen LogP contribution is 2.27. The first-order valence-electron chi connectivity index (χ1n) is 9.89. The highest BCUT2D eigenvalue weighted by Gasteiger charge is 2.44. The Bertz CT molecular complexity index is 909. The number of para-hydroxylation sites is 1. The Morgan fingerprint density at radius 2 is 1.62 bits per heavy atom. The third kappa shape index (κ3) is 3.70. The van der Waals surface area contributed by atoms with Crippen LogP contribution in [-0.4, -0.2) is 60.6 Å². The molecular weight excluding hydrogens is 371 g/mol. The van der Waals surface area contributed by atoms with Crippen molar-refractivity contribution in [2.75, 3.05) is 42.6 Å². The van der Waals surface area contributed by atoms with Crippen molar-refractivity contribution in [1.29, 1.82) is 0 Å². The topological polar surface area (TPSA) is 47.1 Å². The molecule has 7 heteroatoms. The van der Waals surface area contributed by atoms with E-state index in [1.165, 1.54) is 11.0 Å². The van der Waals surface area contributed by atoms with Crippen LogP contribution >= 0.6 is 0 Å². The van der Waals surface area contributed by atoms with Gasteiger partial charge in [0.15, 0.2) is 0 Å². The quantitative estimate of drug-likeness (QED) is 0.746. The number of rotatable bonds is 4. The molecule has 152 valence electrons. The zero-order valence-corrected chi connectivity index (χ0v) is 16.7. The largest absolute Gasteiger partial charge is 0.367 e. The number of urea groups is 1. The van der Waals surface area contributed by atoms with Crippen LogP contribution in [0.1, 0.15) is 12.5 Å². The summed E-state index contributed by atoms with van der Waals surface area (Å²) in [5, 5.41) is 0. The lowest BCUT2D eigenvalue weighted by Crippen LogP contribution is -2.51. The van der Waals surface area contributed by atoms with E-state index in [4.69, 9.17) is 0 Å². The minimum atomic E-state index is -0.523. The molecule has 0 radical (unpaired) electrons. The van der Waals surface area contributed by atoms with Gasteiger partial charge in [-0.05, 0) is 38.1 Å². The number of hydrogen-bond donors (Lipinski definition) is 0. The molecule has 0 aliphatic carbocycles. The summed E-state index contributed by atoms with van der Waals surface area (Å²) in [4.78, 5) is 32.7.